The summed E-state index contributed by atoms with van der Waals surface area (Å²) in [5.41, 5.74) is 8.06. The summed E-state index contributed by atoms with van der Waals surface area (Å²) < 4.78 is 1.98. The minimum atomic E-state index is -0.0449. The molecule has 17 heavy (non-hydrogen) atoms. The summed E-state index contributed by atoms with van der Waals surface area (Å²) in [6.07, 6.45) is 2.19. The molecule has 2 aromatic heterocycles. The number of aryl methyl sites for hydroxylation is 1. The molecule has 2 rings (SSSR count). The van der Waals surface area contributed by atoms with Crippen molar-refractivity contribution in [2.75, 3.05) is 13.1 Å². The topological polar surface area (TPSA) is 72.4 Å². The van der Waals surface area contributed by atoms with E-state index in [0.717, 1.165) is 17.0 Å². The maximum Gasteiger partial charge on any atom is 0.226 e. The number of imidazole rings is 1. The third-order valence-electron chi connectivity index (χ3n) is 2.55. The number of fused-ring (bicyclic) bond motifs is 1. The molecule has 0 aliphatic heterocycles. The number of nitrogens with one attached hydrogen (secondary N) is 1. The monoisotopic (exact) mass is 232 g/mol. The van der Waals surface area contributed by atoms with E-state index in [1.807, 2.05) is 35.7 Å². The van der Waals surface area contributed by atoms with Crippen LogP contribution < -0.4 is 11.1 Å². The summed E-state index contributed by atoms with van der Waals surface area (Å²) in [6.45, 7) is 2.97. The molecule has 2 aromatic rings. The highest BCUT2D eigenvalue weighted by Gasteiger charge is 2.07. The molecule has 0 saturated carbocycles. The SMILES string of the molecule is Cc1cccc2nc(CC(=O)NCCN)cn12. The van der Waals surface area contributed by atoms with Gasteiger partial charge in [-0.1, -0.05) is 6.07 Å². The molecule has 5 nitrogen and oxygen atoms in total. The lowest BCUT2D eigenvalue weighted by atomic mass is 10.3. The molecule has 0 unspecified atom stereocenters. The summed E-state index contributed by atoms with van der Waals surface area (Å²) in [4.78, 5) is 15.9. The first-order chi connectivity index (χ1) is 8.20. The molecule has 0 aromatic carbocycles. The molecular formula is C12H16N4O. The zero-order valence-corrected chi connectivity index (χ0v) is 9.81. The third kappa shape index (κ3) is 2.62. The lowest BCUT2D eigenvalue weighted by molar-refractivity contribution is -0.120. The van der Waals surface area contributed by atoms with Gasteiger partial charge in [0.05, 0.1) is 12.1 Å². The number of amides is 1. The molecule has 90 valence electrons. The Morgan fingerprint density at radius 2 is 2.35 bits per heavy atom. The molecule has 0 spiro atoms. The average Bonchev–Trinajstić information content (AvgIpc) is 2.70. The number of hydrogen-bond donors (Lipinski definition) is 2. The summed E-state index contributed by atoms with van der Waals surface area (Å²) in [5.74, 6) is -0.0449. The highest BCUT2D eigenvalue weighted by atomic mass is 16.1. The first-order valence-corrected chi connectivity index (χ1v) is 5.61. The predicted octanol–water partition coefficient (Wildman–Crippen LogP) is 0.260. The van der Waals surface area contributed by atoms with Gasteiger partial charge in [0.15, 0.2) is 0 Å². The highest BCUT2D eigenvalue weighted by Crippen LogP contribution is 2.08. The van der Waals surface area contributed by atoms with Crippen LogP contribution in [0.5, 0.6) is 0 Å². The van der Waals surface area contributed by atoms with Crippen LogP contribution in [-0.4, -0.2) is 28.4 Å². The van der Waals surface area contributed by atoms with E-state index in [9.17, 15) is 4.79 Å². The third-order valence-corrected chi connectivity index (χ3v) is 2.55. The van der Waals surface area contributed by atoms with Crippen LogP contribution in [-0.2, 0) is 11.2 Å². The summed E-state index contributed by atoms with van der Waals surface area (Å²) in [6, 6.07) is 5.89. The maximum atomic E-state index is 11.5. The molecule has 0 aliphatic rings. The van der Waals surface area contributed by atoms with Gasteiger partial charge in [0.25, 0.3) is 0 Å². The maximum absolute atomic E-state index is 11.5. The van der Waals surface area contributed by atoms with Gasteiger partial charge in [0.1, 0.15) is 5.65 Å². The van der Waals surface area contributed by atoms with Crippen molar-refractivity contribution in [2.24, 2.45) is 5.73 Å². The van der Waals surface area contributed by atoms with Crippen LogP contribution in [0.25, 0.3) is 5.65 Å². The lowest BCUT2D eigenvalue weighted by Gasteiger charge is -2.00. The number of hydrogen-bond acceptors (Lipinski definition) is 3. The number of nitrogens with two attached hydrogens (primary N) is 1. The van der Waals surface area contributed by atoms with Crippen molar-refractivity contribution >= 4 is 11.6 Å². The minimum Gasteiger partial charge on any atom is -0.354 e. The van der Waals surface area contributed by atoms with Gasteiger partial charge in [-0.2, -0.15) is 0 Å². The van der Waals surface area contributed by atoms with Gasteiger partial charge in [-0.05, 0) is 19.1 Å². The first-order valence-electron chi connectivity index (χ1n) is 5.61. The molecular weight excluding hydrogens is 216 g/mol. The molecule has 3 N–H and O–H groups in total. The van der Waals surface area contributed by atoms with Crippen LogP contribution in [0.2, 0.25) is 0 Å². The molecule has 5 heteroatoms. The van der Waals surface area contributed by atoms with Crippen molar-refractivity contribution in [3.63, 3.8) is 0 Å². The summed E-state index contributed by atoms with van der Waals surface area (Å²) in [5, 5.41) is 2.73. The Balaban J connectivity index is 2.14. The number of aromatic nitrogens is 2. The van der Waals surface area contributed by atoms with Gasteiger partial charge in [0, 0.05) is 25.0 Å². The van der Waals surface area contributed by atoms with Crippen LogP contribution in [0.4, 0.5) is 0 Å². The fourth-order valence-electron chi connectivity index (χ4n) is 1.72. The normalized spacial score (nSPS) is 10.7. The number of carbonyl (C=O) groups is 1. The van der Waals surface area contributed by atoms with E-state index in [1.54, 1.807) is 0 Å². The largest absolute Gasteiger partial charge is 0.354 e. The van der Waals surface area contributed by atoms with E-state index in [0.29, 0.717) is 19.5 Å². The smallest absolute Gasteiger partial charge is 0.226 e. The van der Waals surface area contributed by atoms with Crippen LogP contribution in [0, 0.1) is 6.92 Å². The Bertz CT molecular complexity index is 532. The quantitative estimate of drug-likeness (QED) is 0.794. The van der Waals surface area contributed by atoms with E-state index in [1.165, 1.54) is 0 Å². The zero-order chi connectivity index (χ0) is 12.3. The number of rotatable bonds is 4. The fourth-order valence-corrected chi connectivity index (χ4v) is 1.72. The highest BCUT2D eigenvalue weighted by molar-refractivity contribution is 5.78. The molecule has 0 radical (unpaired) electrons. The molecule has 0 saturated heterocycles. The van der Waals surface area contributed by atoms with Crippen molar-refractivity contribution in [2.45, 2.75) is 13.3 Å². The van der Waals surface area contributed by atoms with Crippen LogP contribution in [0.1, 0.15) is 11.4 Å². The van der Waals surface area contributed by atoms with Crippen LogP contribution >= 0.6 is 0 Å². The van der Waals surface area contributed by atoms with E-state index >= 15 is 0 Å². The van der Waals surface area contributed by atoms with E-state index in [2.05, 4.69) is 10.3 Å². The standard InChI is InChI=1S/C12H16N4O/c1-9-3-2-4-11-15-10(8-16(9)11)7-12(17)14-6-5-13/h2-4,8H,5-7,13H2,1H3,(H,14,17). The minimum absolute atomic E-state index is 0.0449. The van der Waals surface area contributed by atoms with Gasteiger partial charge in [-0.3, -0.25) is 4.79 Å². The summed E-state index contributed by atoms with van der Waals surface area (Å²) in [7, 11) is 0. The Morgan fingerprint density at radius 1 is 1.53 bits per heavy atom. The van der Waals surface area contributed by atoms with Crippen molar-refractivity contribution in [1.82, 2.24) is 14.7 Å². The Labute approximate surface area is 99.6 Å². The fraction of sp³-hybridized carbons (Fsp3) is 0.333. The number of carbonyl (C=O) groups excluding carboxylic acids is 1. The molecule has 0 aliphatic carbocycles. The van der Waals surface area contributed by atoms with Crippen molar-refractivity contribution in [3.05, 3.63) is 35.8 Å². The van der Waals surface area contributed by atoms with Gasteiger partial charge < -0.3 is 15.5 Å². The molecule has 2 heterocycles. The van der Waals surface area contributed by atoms with E-state index in [-0.39, 0.29) is 5.91 Å². The van der Waals surface area contributed by atoms with Gasteiger partial charge in [-0.25, -0.2) is 4.98 Å². The molecule has 1 amide bonds. The zero-order valence-electron chi connectivity index (χ0n) is 9.81. The van der Waals surface area contributed by atoms with Gasteiger partial charge in [-0.15, -0.1) is 0 Å². The van der Waals surface area contributed by atoms with Crippen molar-refractivity contribution in [3.8, 4) is 0 Å². The van der Waals surface area contributed by atoms with Crippen LogP contribution in [0.15, 0.2) is 24.4 Å². The first kappa shape index (κ1) is 11.6. The van der Waals surface area contributed by atoms with E-state index in [4.69, 9.17) is 5.73 Å². The second kappa shape index (κ2) is 4.97. The lowest BCUT2D eigenvalue weighted by Crippen LogP contribution is -2.30. The molecule has 0 fully saturated rings. The average molecular weight is 232 g/mol. The van der Waals surface area contributed by atoms with Crippen LogP contribution in [0.3, 0.4) is 0 Å². The second-order valence-electron chi connectivity index (χ2n) is 3.94. The predicted molar refractivity (Wildman–Crippen MR) is 65.7 cm³/mol. The van der Waals surface area contributed by atoms with Gasteiger partial charge >= 0.3 is 0 Å². The second-order valence-corrected chi connectivity index (χ2v) is 3.94. The van der Waals surface area contributed by atoms with Crippen molar-refractivity contribution < 1.29 is 4.79 Å². The molecule has 0 atom stereocenters. The Morgan fingerprint density at radius 3 is 3.06 bits per heavy atom. The Kier molecular flexibility index (Phi) is 3.39. The number of pyridine rings is 1. The molecule has 0 bridgehead atoms. The van der Waals surface area contributed by atoms with Crippen molar-refractivity contribution in [1.29, 1.82) is 0 Å². The number of nitrogens with zero attached hydrogens (tertiary/aromatic N) is 2. The van der Waals surface area contributed by atoms with E-state index < -0.39 is 0 Å². The van der Waals surface area contributed by atoms with Gasteiger partial charge in [0.2, 0.25) is 5.91 Å². The Hall–Kier alpha value is -1.88. The summed E-state index contributed by atoms with van der Waals surface area (Å²) >= 11 is 0.